The highest BCUT2D eigenvalue weighted by atomic mass is 32.2. The van der Waals surface area contributed by atoms with E-state index in [-0.39, 0.29) is 25.6 Å². The Hall–Kier alpha value is -2.74. The van der Waals surface area contributed by atoms with E-state index in [1.807, 2.05) is 12.3 Å². The van der Waals surface area contributed by atoms with Gasteiger partial charge in [0.25, 0.3) is 5.91 Å². The number of rotatable bonds is 12. The highest BCUT2D eigenvalue weighted by Crippen LogP contribution is 2.11. The molecule has 0 aliphatic rings. The van der Waals surface area contributed by atoms with Crippen molar-refractivity contribution in [3.63, 3.8) is 0 Å². The van der Waals surface area contributed by atoms with Crippen LogP contribution in [0.25, 0.3) is 0 Å². The number of hydrogen-bond acceptors (Lipinski definition) is 6. The van der Waals surface area contributed by atoms with Crippen molar-refractivity contribution in [1.29, 1.82) is 0 Å². The average Bonchev–Trinajstić information content (AvgIpc) is 2.74. The molecule has 0 aliphatic heterocycles. The summed E-state index contributed by atoms with van der Waals surface area (Å²) in [4.78, 5) is 24.5. The monoisotopic (exact) mass is 421 g/mol. The Labute approximate surface area is 173 Å². The Bertz CT molecular complexity index is 757. The molecule has 0 heterocycles. The van der Waals surface area contributed by atoms with Crippen molar-refractivity contribution >= 4 is 23.6 Å². The van der Waals surface area contributed by atoms with Gasteiger partial charge in [0.05, 0.1) is 0 Å². The minimum atomic E-state index is -0.764. The van der Waals surface area contributed by atoms with E-state index < -0.39 is 17.9 Å². The summed E-state index contributed by atoms with van der Waals surface area (Å²) in [5.41, 5.74) is 0. The number of para-hydroxylation sites is 1. The van der Waals surface area contributed by atoms with E-state index >= 15 is 0 Å². The lowest BCUT2D eigenvalue weighted by Gasteiger charge is -2.17. The quantitative estimate of drug-likeness (QED) is 0.419. The summed E-state index contributed by atoms with van der Waals surface area (Å²) >= 11 is 1.57. The number of amides is 1. The summed E-state index contributed by atoms with van der Waals surface area (Å²) in [6.45, 7) is -0.0548. The maximum Gasteiger partial charge on any atom is 0.328 e. The number of thioether (sulfide) groups is 1. The molecule has 0 bridgehead atoms. The Morgan fingerprint density at radius 1 is 1.00 bits per heavy atom. The van der Waals surface area contributed by atoms with Gasteiger partial charge in [0.2, 0.25) is 0 Å². The normalized spacial score (nSPS) is 11.4. The maximum atomic E-state index is 12.9. The predicted octanol–water partition coefficient (Wildman–Crippen LogP) is 3.06. The molecule has 0 saturated heterocycles. The number of halogens is 1. The zero-order chi connectivity index (χ0) is 20.9. The molecule has 1 N–H and O–H groups in total. The summed E-state index contributed by atoms with van der Waals surface area (Å²) in [7, 11) is 0. The maximum absolute atomic E-state index is 12.9. The van der Waals surface area contributed by atoms with Crippen LogP contribution in [0.2, 0.25) is 0 Å². The topological polar surface area (TPSA) is 73.9 Å². The number of nitrogens with one attached hydrogen (secondary N) is 1. The van der Waals surface area contributed by atoms with Crippen LogP contribution < -0.4 is 14.8 Å². The first kappa shape index (κ1) is 22.5. The van der Waals surface area contributed by atoms with Crippen LogP contribution >= 0.6 is 11.8 Å². The molecule has 0 aliphatic carbocycles. The van der Waals surface area contributed by atoms with Gasteiger partial charge in [-0.25, -0.2) is 9.18 Å². The number of ether oxygens (including phenoxy) is 3. The van der Waals surface area contributed by atoms with Gasteiger partial charge in [-0.2, -0.15) is 11.8 Å². The van der Waals surface area contributed by atoms with E-state index in [1.165, 1.54) is 24.3 Å². The molecule has 2 aromatic carbocycles. The summed E-state index contributed by atoms with van der Waals surface area (Å²) in [5, 5.41) is 2.65. The number of carbonyl (C=O) groups excluding carboxylic acids is 2. The first-order chi connectivity index (χ1) is 14.1. The molecule has 29 heavy (non-hydrogen) atoms. The van der Waals surface area contributed by atoms with E-state index in [2.05, 4.69) is 5.32 Å². The van der Waals surface area contributed by atoms with Crippen molar-refractivity contribution in [1.82, 2.24) is 5.32 Å². The summed E-state index contributed by atoms with van der Waals surface area (Å²) in [6, 6.07) is 13.7. The molecule has 8 heteroatoms. The van der Waals surface area contributed by atoms with Gasteiger partial charge in [-0.05, 0) is 54.8 Å². The van der Waals surface area contributed by atoms with E-state index in [1.54, 1.807) is 36.0 Å². The fraction of sp³-hybridized carbons (Fsp3) is 0.333. The highest BCUT2D eigenvalue weighted by Gasteiger charge is 2.22. The van der Waals surface area contributed by atoms with Crippen molar-refractivity contribution in [2.45, 2.75) is 12.5 Å². The second-order valence-electron chi connectivity index (χ2n) is 5.97. The molecule has 2 aromatic rings. The SMILES string of the molecule is CSCC[C@@H](NC(=O)COc1ccccc1)C(=O)OCCOc1ccc(F)cc1. The first-order valence-corrected chi connectivity index (χ1v) is 10.5. The van der Waals surface area contributed by atoms with Gasteiger partial charge in [-0.15, -0.1) is 0 Å². The van der Waals surface area contributed by atoms with Crippen molar-refractivity contribution in [3.8, 4) is 11.5 Å². The zero-order valence-corrected chi connectivity index (χ0v) is 17.0. The fourth-order valence-corrected chi connectivity index (χ4v) is 2.79. The van der Waals surface area contributed by atoms with Gasteiger partial charge >= 0.3 is 5.97 Å². The second-order valence-corrected chi connectivity index (χ2v) is 6.96. The molecule has 0 radical (unpaired) electrons. The average molecular weight is 421 g/mol. The molecule has 0 fully saturated rings. The number of carbonyl (C=O) groups is 2. The summed E-state index contributed by atoms with van der Waals surface area (Å²) < 4.78 is 28.8. The van der Waals surface area contributed by atoms with Gasteiger partial charge in [0.15, 0.2) is 6.61 Å². The van der Waals surface area contributed by atoms with Crippen LogP contribution in [-0.2, 0) is 14.3 Å². The summed E-state index contributed by atoms with van der Waals surface area (Å²) in [5.74, 6) is 0.448. The highest BCUT2D eigenvalue weighted by molar-refractivity contribution is 7.98. The first-order valence-electron chi connectivity index (χ1n) is 9.09. The van der Waals surface area contributed by atoms with Crippen LogP contribution in [-0.4, -0.2) is 49.7 Å². The molecule has 156 valence electrons. The Morgan fingerprint density at radius 2 is 1.69 bits per heavy atom. The molecular formula is C21H24FNO5S. The van der Waals surface area contributed by atoms with Gasteiger partial charge in [-0.3, -0.25) is 4.79 Å². The van der Waals surface area contributed by atoms with E-state index in [0.29, 0.717) is 23.7 Å². The van der Waals surface area contributed by atoms with Crippen molar-refractivity contribution < 1.29 is 28.2 Å². The van der Waals surface area contributed by atoms with Gasteiger partial charge in [-0.1, -0.05) is 18.2 Å². The molecule has 0 aromatic heterocycles. The fourth-order valence-electron chi connectivity index (χ4n) is 2.32. The van der Waals surface area contributed by atoms with E-state index in [9.17, 15) is 14.0 Å². The molecule has 1 atom stereocenters. The Morgan fingerprint density at radius 3 is 2.38 bits per heavy atom. The molecule has 0 unspecified atom stereocenters. The van der Waals surface area contributed by atoms with Gasteiger partial charge in [0, 0.05) is 0 Å². The Balaban J connectivity index is 1.75. The molecular weight excluding hydrogens is 397 g/mol. The van der Waals surface area contributed by atoms with Crippen LogP contribution in [0.3, 0.4) is 0 Å². The standard InChI is InChI=1S/C21H24FNO5S/c1-29-14-11-19(23-20(24)15-28-17-5-3-2-4-6-17)21(25)27-13-12-26-18-9-7-16(22)8-10-18/h2-10,19H,11-15H2,1H3,(H,23,24)/t19-/m1/s1. The minimum absolute atomic E-state index is 0.0162. The minimum Gasteiger partial charge on any atom is -0.490 e. The lowest BCUT2D eigenvalue weighted by Crippen LogP contribution is -2.44. The third kappa shape index (κ3) is 8.87. The van der Waals surface area contributed by atoms with E-state index in [0.717, 1.165) is 0 Å². The molecule has 0 spiro atoms. The number of hydrogen-bond donors (Lipinski definition) is 1. The third-order valence-corrected chi connectivity index (χ3v) is 4.40. The van der Waals surface area contributed by atoms with E-state index in [4.69, 9.17) is 14.2 Å². The third-order valence-electron chi connectivity index (χ3n) is 3.75. The largest absolute Gasteiger partial charge is 0.490 e. The molecule has 2 rings (SSSR count). The van der Waals surface area contributed by atoms with Crippen molar-refractivity contribution in [2.75, 3.05) is 31.8 Å². The van der Waals surface area contributed by atoms with Gasteiger partial charge in [0.1, 0.15) is 36.6 Å². The zero-order valence-electron chi connectivity index (χ0n) is 16.1. The van der Waals surface area contributed by atoms with Crippen LogP contribution in [0.5, 0.6) is 11.5 Å². The number of benzene rings is 2. The van der Waals surface area contributed by atoms with Crippen LogP contribution in [0.1, 0.15) is 6.42 Å². The number of esters is 1. The van der Waals surface area contributed by atoms with Gasteiger partial charge < -0.3 is 19.5 Å². The predicted molar refractivity (Wildman–Crippen MR) is 110 cm³/mol. The van der Waals surface area contributed by atoms with Crippen LogP contribution in [0.4, 0.5) is 4.39 Å². The van der Waals surface area contributed by atoms with Crippen LogP contribution in [0.15, 0.2) is 54.6 Å². The second kappa shape index (κ2) is 12.7. The lowest BCUT2D eigenvalue weighted by molar-refractivity contribution is -0.148. The smallest absolute Gasteiger partial charge is 0.328 e. The molecule has 1 amide bonds. The van der Waals surface area contributed by atoms with Crippen LogP contribution in [0, 0.1) is 5.82 Å². The lowest BCUT2D eigenvalue weighted by atomic mass is 10.2. The Kier molecular flexibility index (Phi) is 9.85. The molecule has 6 nitrogen and oxygen atoms in total. The molecule has 0 saturated carbocycles. The summed E-state index contributed by atoms with van der Waals surface area (Å²) in [6.07, 6.45) is 2.36. The van der Waals surface area contributed by atoms with Crippen molar-refractivity contribution in [3.05, 3.63) is 60.4 Å². The van der Waals surface area contributed by atoms with Crippen molar-refractivity contribution in [2.24, 2.45) is 0 Å².